The van der Waals surface area contributed by atoms with E-state index in [0.717, 1.165) is 32.9 Å². The van der Waals surface area contributed by atoms with Gasteiger partial charge in [0.25, 0.3) is 0 Å². The van der Waals surface area contributed by atoms with E-state index < -0.39 is 0 Å². The fourth-order valence-corrected chi connectivity index (χ4v) is 2.40. The third-order valence-electron chi connectivity index (χ3n) is 3.09. The topological polar surface area (TPSA) is 40.2 Å². The average molecular weight is 239 g/mol. The average Bonchev–Trinajstić information content (AvgIpc) is 2.54. The lowest BCUT2D eigenvalue weighted by Gasteiger charge is -2.06. The predicted octanol–water partition coefficient (Wildman–Crippen LogP) is 2.61. The maximum atomic E-state index is 6.23. The van der Waals surface area contributed by atoms with Gasteiger partial charge in [0, 0.05) is 24.7 Å². The highest BCUT2D eigenvalue weighted by molar-refractivity contribution is 6.36. The van der Waals surface area contributed by atoms with Gasteiger partial charge in [-0.15, -0.1) is 0 Å². The number of nitrogens with two attached hydrogens (primary N) is 1. The van der Waals surface area contributed by atoms with Crippen LogP contribution in [0.5, 0.6) is 5.75 Å². The lowest BCUT2D eigenvalue weighted by atomic mass is 10.1. The van der Waals surface area contributed by atoms with Gasteiger partial charge in [-0.05, 0) is 24.6 Å². The summed E-state index contributed by atoms with van der Waals surface area (Å²) < 4.78 is 7.43. The number of nitrogens with zero attached hydrogens (tertiary/aromatic N) is 1. The molecular weight excluding hydrogens is 224 g/mol. The quantitative estimate of drug-likeness (QED) is 0.874. The Morgan fingerprint density at radius 2 is 2.12 bits per heavy atom. The Morgan fingerprint density at radius 3 is 2.69 bits per heavy atom. The fourth-order valence-electron chi connectivity index (χ4n) is 2.13. The molecule has 0 radical (unpaired) electrons. The van der Waals surface area contributed by atoms with Crippen LogP contribution in [0.2, 0.25) is 5.02 Å². The lowest BCUT2D eigenvalue weighted by molar-refractivity contribution is 0.418. The summed E-state index contributed by atoms with van der Waals surface area (Å²) in [5.41, 5.74) is 9.00. The molecule has 2 rings (SSSR count). The van der Waals surface area contributed by atoms with Crippen LogP contribution in [-0.2, 0) is 13.6 Å². The van der Waals surface area contributed by atoms with E-state index in [0.29, 0.717) is 6.54 Å². The first-order chi connectivity index (χ1) is 7.61. The van der Waals surface area contributed by atoms with E-state index in [2.05, 4.69) is 4.57 Å². The Labute approximate surface area is 99.7 Å². The van der Waals surface area contributed by atoms with Crippen LogP contribution in [0.25, 0.3) is 10.9 Å². The van der Waals surface area contributed by atoms with Gasteiger partial charge >= 0.3 is 0 Å². The third kappa shape index (κ3) is 1.39. The number of ether oxygens (including phenoxy) is 1. The molecule has 0 fully saturated rings. The molecule has 0 saturated heterocycles. The normalized spacial score (nSPS) is 11.1. The molecule has 0 bridgehead atoms. The minimum atomic E-state index is 0.482. The van der Waals surface area contributed by atoms with Crippen molar-refractivity contribution in [3.63, 3.8) is 0 Å². The molecule has 16 heavy (non-hydrogen) atoms. The monoisotopic (exact) mass is 238 g/mol. The number of aryl methyl sites for hydroxylation is 1. The molecule has 0 saturated carbocycles. The van der Waals surface area contributed by atoms with Crippen molar-refractivity contribution < 1.29 is 4.74 Å². The standard InChI is InChI=1S/C12H15ClN2O/c1-7-8(6-14)11-9(13)4-5-10(16-3)12(11)15(7)2/h4-5H,6,14H2,1-3H3. The SMILES string of the molecule is COc1ccc(Cl)c2c(CN)c(C)n(C)c12. The number of methoxy groups -OCH3 is 1. The number of halogens is 1. The molecule has 1 heterocycles. The zero-order valence-electron chi connectivity index (χ0n) is 9.67. The van der Waals surface area contributed by atoms with Crippen molar-refractivity contribution in [2.45, 2.75) is 13.5 Å². The molecule has 1 aromatic carbocycles. The molecule has 0 spiro atoms. The van der Waals surface area contributed by atoms with Gasteiger partial charge in [-0.25, -0.2) is 0 Å². The molecule has 3 nitrogen and oxygen atoms in total. The van der Waals surface area contributed by atoms with Crippen LogP contribution in [0.4, 0.5) is 0 Å². The Kier molecular flexibility index (Phi) is 2.82. The van der Waals surface area contributed by atoms with E-state index in [-0.39, 0.29) is 0 Å². The van der Waals surface area contributed by atoms with Crippen molar-refractivity contribution in [3.05, 3.63) is 28.4 Å². The summed E-state index contributed by atoms with van der Waals surface area (Å²) in [4.78, 5) is 0. The van der Waals surface area contributed by atoms with Gasteiger partial charge in [0.15, 0.2) is 0 Å². The molecule has 0 amide bonds. The van der Waals surface area contributed by atoms with Crippen molar-refractivity contribution in [2.24, 2.45) is 12.8 Å². The van der Waals surface area contributed by atoms with Crippen molar-refractivity contribution in [2.75, 3.05) is 7.11 Å². The molecule has 0 aliphatic rings. The highest BCUT2D eigenvalue weighted by Gasteiger charge is 2.16. The highest BCUT2D eigenvalue weighted by Crippen LogP contribution is 2.36. The van der Waals surface area contributed by atoms with Crippen LogP contribution in [0.15, 0.2) is 12.1 Å². The van der Waals surface area contributed by atoms with Crippen LogP contribution < -0.4 is 10.5 Å². The molecule has 2 aromatic rings. The van der Waals surface area contributed by atoms with Gasteiger partial charge < -0.3 is 15.0 Å². The number of fused-ring (bicyclic) bond motifs is 1. The summed E-state index contributed by atoms with van der Waals surface area (Å²) in [6.45, 7) is 2.52. The van der Waals surface area contributed by atoms with Gasteiger partial charge in [0.1, 0.15) is 5.75 Å². The fraction of sp³-hybridized carbons (Fsp3) is 0.333. The van der Waals surface area contributed by atoms with Crippen molar-refractivity contribution >= 4 is 22.5 Å². The Bertz CT molecular complexity index is 546. The zero-order chi connectivity index (χ0) is 11.9. The molecule has 2 N–H and O–H groups in total. The Balaban J connectivity index is 2.97. The van der Waals surface area contributed by atoms with Gasteiger partial charge in [-0.2, -0.15) is 0 Å². The number of rotatable bonds is 2. The smallest absolute Gasteiger partial charge is 0.143 e. The Hall–Kier alpha value is -1.19. The molecule has 4 heteroatoms. The predicted molar refractivity (Wildman–Crippen MR) is 67.1 cm³/mol. The third-order valence-corrected chi connectivity index (χ3v) is 3.41. The summed E-state index contributed by atoms with van der Waals surface area (Å²) >= 11 is 6.23. The molecule has 0 aliphatic heterocycles. The molecule has 86 valence electrons. The number of aromatic nitrogens is 1. The van der Waals surface area contributed by atoms with Crippen molar-refractivity contribution in [1.82, 2.24) is 4.57 Å². The minimum absolute atomic E-state index is 0.482. The van der Waals surface area contributed by atoms with Crippen LogP contribution in [0, 0.1) is 6.92 Å². The van der Waals surface area contributed by atoms with E-state index in [1.54, 1.807) is 7.11 Å². The summed E-state index contributed by atoms with van der Waals surface area (Å²) in [6, 6.07) is 3.73. The van der Waals surface area contributed by atoms with Crippen LogP contribution in [-0.4, -0.2) is 11.7 Å². The summed E-state index contributed by atoms with van der Waals surface area (Å²) in [7, 11) is 3.66. The number of hydrogen-bond donors (Lipinski definition) is 1. The van der Waals surface area contributed by atoms with Crippen LogP contribution in [0.3, 0.4) is 0 Å². The Morgan fingerprint density at radius 1 is 1.44 bits per heavy atom. The van der Waals surface area contributed by atoms with Gasteiger partial charge in [-0.1, -0.05) is 11.6 Å². The second kappa shape index (κ2) is 4.00. The first-order valence-corrected chi connectivity index (χ1v) is 5.50. The highest BCUT2D eigenvalue weighted by atomic mass is 35.5. The molecular formula is C12H15ClN2O. The molecule has 1 aromatic heterocycles. The molecule has 0 unspecified atom stereocenters. The maximum Gasteiger partial charge on any atom is 0.143 e. The van der Waals surface area contributed by atoms with E-state index in [1.807, 2.05) is 26.1 Å². The van der Waals surface area contributed by atoms with Crippen LogP contribution in [0.1, 0.15) is 11.3 Å². The largest absolute Gasteiger partial charge is 0.495 e. The van der Waals surface area contributed by atoms with E-state index in [1.165, 1.54) is 0 Å². The summed E-state index contributed by atoms with van der Waals surface area (Å²) in [5, 5.41) is 1.73. The number of benzene rings is 1. The molecule has 0 aliphatic carbocycles. The second-order valence-electron chi connectivity index (χ2n) is 3.80. The van der Waals surface area contributed by atoms with E-state index >= 15 is 0 Å². The summed E-state index contributed by atoms with van der Waals surface area (Å²) in [6.07, 6.45) is 0. The first-order valence-electron chi connectivity index (χ1n) is 5.12. The van der Waals surface area contributed by atoms with Gasteiger partial charge in [0.05, 0.1) is 17.6 Å². The lowest BCUT2D eigenvalue weighted by Crippen LogP contribution is -1.99. The zero-order valence-corrected chi connectivity index (χ0v) is 10.4. The second-order valence-corrected chi connectivity index (χ2v) is 4.21. The van der Waals surface area contributed by atoms with E-state index in [4.69, 9.17) is 22.1 Å². The van der Waals surface area contributed by atoms with Crippen molar-refractivity contribution in [3.8, 4) is 5.75 Å². The summed E-state index contributed by atoms with van der Waals surface area (Å²) in [5.74, 6) is 0.824. The maximum absolute atomic E-state index is 6.23. The minimum Gasteiger partial charge on any atom is -0.495 e. The van der Waals surface area contributed by atoms with Gasteiger partial charge in [-0.3, -0.25) is 0 Å². The van der Waals surface area contributed by atoms with Gasteiger partial charge in [0.2, 0.25) is 0 Å². The molecule has 0 atom stereocenters. The first kappa shape index (κ1) is 11.3. The van der Waals surface area contributed by atoms with Crippen LogP contribution >= 0.6 is 11.6 Å². The van der Waals surface area contributed by atoms with E-state index in [9.17, 15) is 0 Å². The van der Waals surface area contributed by atoms with Crippen molar-refractivity contribution in [1.29, 1.82) is 0 Å². The number of hydrogen-bond acceptors (Lipinski definition) is 2.